The Kier molecular flexibility index (Phi) is 3.30. The lowest BCUT2D eigenvalue weighted by molar-refractivity contribution is 0.803. The molecule has 0 amide bonds. The van der Waals surface area contributed by atoms with Gasteiger partial charge >= 0.3 is 0 Å². The summed E-state index contributed by atoms with van der Waals surface area (Å²) in [6.07, 6.45) is 3.06. The highest BCUT2D eigenvalue weighted by Gasteiger charge is 2.16. The van der Waals surface area contributed by atoms with Gasteiger partial charge in [-0.25, -0.2) is 9.97 Å². The van der Waals surface area contributed by atoms with Crippen molar-refractivity contribution in [3.05, 3.63) is 17.0 Å². The van der Waals surface area contributed by atoms with E-state index in [1.165, 1.54) is 17.0 Å². The van der Waals surface area contributed by atoms with Crippen LogP contribution in [-0.4, -0.2) is 22.0 Å². The summed E-state index contributed by atoms with van der Waals surface area (Å²) >= 11 is 3.52. The summed E-state index contributed by atoms with van der Waals surface area (Å²) in [5.74, 6) is 2.19. The molecule has 0 spiro atoms. The Morgan fingerprint density at radius 1 is 1.50 bits per heavy atom. The largest absolute Gasteiger partial charge is 0.325 e. The molecule has 2 rings (SSSR count). The summed E-state index contributed by atoms with van der Waals surface area (Å²) in [6, 6.07) is 0. The second-order valence-corrected chi connectivity index (χ2v) is 4.97. The highest BCUT2D eigenvalue weighted by atomic mass is 32.2. The first-order valence-corrected chi connectivity index (χ1v) is 6.93. The van der Waals surface area contributed by atoms with Crippen molar-refractivity contribution in [2.45, 2.75) is 23.9 Å². The molecule has 0 unspecified atom stereocenters. The average molecular weight is 227 g/mol. The maximum atomic E-state index is 5.69. The van der Waals surface area contributed by atoms with Crippen molar-refractivity contribution in [2.75, 3.05) is 12.0 Å². The summed E-state index contributed by atoms with van der Waals surface area (Å²) in [4.78, 5) is 8.96. The van der Waals surface area contributed by atoms with Crippen LogP contribution in [0, 0.1) is 0 Å². The molecule has 1 aliphatic rings. The van der Waals surface area contributed by atoms with Crippen LogP contribution >= 0.6 is 23.5 Å². The van der Waals surface area contributed by atoms with Crippen molar-refractivity contribution in [1.82, 2.24) is 9.97 Å². The molecular weight excluding hydrogens is 214 g/mol. The van der Waals surface area contributed by atoms with Crippen molar-refractivity contribution in [3.63, 3.8) is 0 Å². The number of hydrogen-bond donors (Lipinski definition) is 1. The average Bonchev–Trinajstić information content (AvgIpc) is 2.27. The summed E-state index contributed by atoms with van der Waals surface area (Å²) in [7, 11) is 0. The number of nitrogens with zero attached hydrogens (tertiary/aromatic N) is 2. The first-order valence-electron chi connectivity index (χ1n) is 4.55. The van der Waals surface area contributed by atoms with Crippen LogP contribution in [0.5, 0.6) is 0 Å². The Bertz CT molecular complexity index is 324. The van der Waals surface area contributed by atoms with Crippen molar-refractivity contribution >= 4 is 23.5 Å². The predicted molar refractivity (Wildman–Crippen MR) is 61.6 cm³/mol. The van der Waals surface area contributed by atoms with Crippen molar-refractivity contribution in [3.8, 4) is 0 Å². The molecule has 0 aliphatic carbocycles. The van der Waals surface area contributed by atoms with Gasteiger partial charge in [-0.05, 0) is 18.4 Å². The normalized spacial score (nSPS) is 15.3. The number of aromatic nitrogens is 2. The Labute approximate surface area is 92.3 Å². The van der Waals surface area contributed by atoms with Crippen LogP contribution in [0.4, 0.5) is 0 Å². The van der Waals surface area contributed by atoms with Gasteiger partial charge in [0.05, 0.1) is 11.4 Å². The van der Waals surface area contributed by atoms with Crippen LogP contribution in [-0.2, 0) is 18.7 Å². The van der Waals surface area contributed by atoms with Gasteiger partial charge in [-0.3, -0.25) is 0 Å². The number of aryl methyl sites for hydroxylation is 1. The van der Waals surface area contributed by atoms with Gasteiger partial charge in [-0.15, -0.1) is 0 Å². The monoisotopic (exact) mass is 227 g/mol. The Balaban J connectivity index is 2.47. The standard InChI is InChI=1S/C9H13N3S2/c1-13-9-11-7-2-3-14-5-6(7)8(4-10)12-9/h2-5,10H2,1H3. The molecule has 14 heavy (non-hydrogen) atoms. The first kappa shape index (κ1) is 10.3. The molecule has 0 bridgehead atoms. The lowest BCUT2D eigenvalue weighted by Crippen LogP contribution is -2.14. The van der Waals surface area contributed by atoms with Gasteiger partial charge in [0.2, 0.25) is 0 Å². The third-order valence-corrected chi connectivity index (χ3v) is 3.80. The second-order valence-electron chi connectivity index (χ2n) is 3.09. The molecule has 0 fully saturated rings. The van der Waals surface area contributed by atoms with Gasteiger partial charge < -0.3 is 5.73 Å². The highest BCUT2D eigenvalue weighted by Crippen LogP contribution is 2.26. The summed E-state index contributed by atoms with van der Waals surface area (Å²) in [5.41, 5.74) is 9.21. The van der Waals surface area contributed by atoms with Gasteiger partial charge in [0.25, 0.3) is 0 Å². The van der Waals surface area contributed by atoms with E-state index < -0.39 is 0 Å². The minimum Gasteiger partial charge on any atom is -0.325 e. The fourth-order valence-corrected chi connectivity index (χ4v) is 2.96. The molecule has 0 radical (unpaired) electrons. The van der Waals surface area contributed by atoms with Crippen LogP contribution in [0.3, 0.4) is 0 Å². The van der Waals surface area contributed by atoms with Crippen molar-refractivity contribution < 1.29 is 0 Å². The lowest BCUT2D eigenvalue weighted by Gasteiger charge is -2.17. The summed E-state index contributed by atoms with van der Waals surface area (Å²) < 4.78 is 0. The van der Waals surface area contributed by atoms with Gasteiger partial charge in [0, 0.05) is 17.9 Å². The molecular formula is C9H13N3S2. The van der Waals surface area contributed by atoms with Crippen LogP contribution in [0.2, 0.25) is 0 Å². The minimum absolute atomic E-state index is 0.527. The van der Waals surface area contributed by atoms with E-state index in [0.29, 0.717) is 6.54 Å². The summed E-state index contributed by atoms with van der Waals surface area (Å²) in [5, 5.41) is 0.858. The first-order chi connectivity index (χ1) is 6.85. The van der Waals surface area contributed by atoms with Gasteiger partial charge in [-0.2, -0.15) is 11.8 Å². The molecule has 5 heteroatoms. The fraction of sp³-hybridized carbons (Fsp3) is 0.556. The van der Waals surface area contributed by atoms with Crippen LogP contribution in [0.25, 0.3) is 0 Å². The quantitative estimate of drug-likeness (QED) is 0.612. The van der Waals surface area contributed by atoms with E-state index in [4.69, 9.17) is 5.73 Å². The molecule has 2 N–H and O–H groups in total. The molecule has 1 aromatic rings. The molecule has 0 saturated heterocycles. The highest BCUT2D eigenvalue weighted by molar-refractivity contribution is 7.98. The van der Waals surface area contributed by atoms with E-state index in [1.807, 2.05) is 18.0 Å². The van der Waals surface area contributed by atoms with E-state index in [9.17, 15) is 0 Å². The van der Waals surface area contributed by atoms with Crippen molar-refractivity contribution in [2.24, 2.45) is 5.73 Å². The van der Waals surface area contributed by atoms with E-state index in [0.717, 1.165) is 23.0 Å². The van der Waals surface area contributed by atoms with Gasteiger partial charge in [0.1, 0.15) is 0 Å². The number of thioether (sulfide) groups is 2. The van der Waals surface area contributed by atoms with Crippen LogP contribution in [0.1, 0.15) is 17.0 Å². The lowest BCUT2D eigenvalue weighted by atomic mass is 10.1. The Morgan fingerprint density at radius 2 is 2.36 bits per heavy atom. The maximum absolute atomic E-state index is 5.69. The molecule has 76 valence electrons. The molecule has 0 aromatic carbocycles. The SMILES string of the molecule is CSc1nc(CN)c2c(n1)CCSC2. The maximum Gasteiger partial charge on any atom is 0.187 e. The zero-order valence-corrected chi connectivity index (χ0v) is 9.75. The molecule has 1 aromatic heterocycles. The van der Waals surface area contributed by atoms with Crippen LogP contribution < -0.4 is 5.73 Å². The molecule has 0 atom stereocenters. The van der Waals surface area contributed by atoms with E-state index in [1.54, 1.807) is 11.8 Å². The number of fused-ring (bicyclic) bond motifs is 1. The third-order valence-electron chi connectivity index (χ3n) is 2.26. The van der Waals surface area contributed by atoms with Gasteiger partial charge in [-0.1, -0.05) is 11.8 Å². The number of hydrogen-bond acceptors (Lipinski definition) is 5. The minimum atomic E-state index is 0.527. The smallest absolute Gasteiger partial charge is 0.187 e. The Morgan fingerprint density at radius 3 is 3.07 bits per heavy atom. The topological polar surface area (TPSA) is 51.8 Å². The third kappa shape index (κ3) is 1.89. The fourth-order valence-electron chi connectivity index (χ4n) is 1.53. The zero-order chi connectivity index (χ0) is 9.97. The van der Waals surface area contributed by atoms with Crippen molar-refractivity contribution in [1.29, 1.82) is 0 Å². The number of rotatable bonds is 2. The predicted octanol–water partition coefficient (Wildman–Crippen LogP) is 1.45. The molecule has 3 nitrogen and oxygen atoms in total. The molecule has 1 aliphatic heterocycles. The van der Waals surface area contributed by atoms with Crippen LogP contribution in [0.15, 0.2) is 5.16 Å². The second kappa shape index (κ2) is 4.51. The molecule has 0 saturated carbocycles. The van der Waals surface area contributed by atoms with Gasteiger partial charge in [0.15, 0.2) is 5.16 Å². The van der Waals surface area contributed by atoms with E-state index in [2.05, 4.69) is 9.97 Å². The Hall–Kier alpha value is -0.260. The molecule has 2 heterocycles. The zero-order valence-electron chi connectivity index (χ0n) is 8.12. The van der Waals surface area contributed by atoms with E-state index in [-0.39, 0.29) is 0 Å². The van der Waals surface area contributed by atoms with E-state index >= 15 is 0 Å². The summed E-state index contributed by atoms with van der Waals surface area (Å²) in [6.45, 7) is 0.527. The number of nitrogens with two attached hydrogens (primary N) is 1.